The molecule has 122 valence electrons. The molecule has 5 heteroatoms. The first-order valence-electron chi connectivity index (χ1n) is 8.14. The van der Waals surface area contributed by atoms with Gasteiger partial charge in [0.25, 0.3) is 0 Å². The van der Waals surface area contributed by atoms with Gasteiger partial charge in [-0.1, -0.05) is 18.2 Å². The predicted octanol–water partition coefficient (Wildman–Crippen LogP) is 3.88. The van der Waals surface area contributed by atoms with E-state index in [-0.39, 0.29) is 6.79 Å². The molecule has 3 heterocycles. The lowest BCUT2D eigenvalue weighted by molar-refractivity contribution is 0.174. The van der Waals surface area contributed by atoms with Crippen molar-refractivity contribution in [1.29, 1.82) is 0 Å². The van der Waals surface area contributed by atoms with E-state index in [1.165, 1.54) is 0 Å². The second-order valence-corrected chi connectivity index (χ2v) is 5.90. The van der Waals surface area contributed by atoms with Gasteiger partial charge in [0.05, 0.1) is 23.3 Å². The van der Waals surface area contributed by atoms with Crippen molar-refractivity contribution < 1.29 is 9.47 Å². The molecule has 2 aromatic heterocycles. The third-order valence-electron chi connectivity index (χ3n) is 4.33. The maximum atomic E-state index is 5.52. The van der Waals surface area contributed by atoms with E-state index in [2.05, 4.69) is 15.6 Å². The van der Waals surface area contributed by atoms with Crippen LogP contribution >= 0.6 is 0 Å². The average Bonchev–Trinajstić information content (AvgIpc) is 3.27. The number of ether oxygens (including phenoxy) is 2. The molecule has 0 saturated heterocycles. The molecule has 25 heavy (non-hydrogen) atoms. The normalized spacial score (nSPS) is 12.6. The van der Waals surface area contributed by atoms with Crippen molar-refractivity contribution in [1.82, 2.24) is 14.5 Å². The molecular weight excluding hydrogens is 314 g/mol. The number of fused-ring (bicyclic) bond motifs is 2. The van der Waals surface area contributed by atoms with Crippen LogP contribution < -0.4 is 9.47 Å². The summed E-state index contributed by atoms with van der Waals surface area (Å²) in [5.41, 5.74) is 4.04. The highest BCUT2D eigenvalue weighted by atomic mass is 16.7. The van der Waals surface area contributed by atoms with E-state index in [0.29, 0.717) is 6.54 Å². The molecule has 0 saturated carbocycles. The van der Waals surface area contributed by atoms with E-state index in [4.69, 9.17) is 14.5 Å². The van der Waals surface area contributed by atoms with Gasteiger partial charge in [-0.3, -0.25) is 4.98 Å². The number of benzene rings is 2. The fourth-order valence-corrected chi connectivity index (χ4v) is 3.15. The molecule has 0 radical (unpaired) electrons. The predicted molar refractivity (Wildman–Crippen MR) is 94.6 cm³/mol. The molecule has 0 atom stereocenters. The van der Waals surface area contributed by atoms with Gasteiger partial charge in [0.2, 0.25) is 6.79 Å². The molecule has 0 amide bonds. The minimum atomic E-state index is 0.267. The molecular formula is C20H15N3O2. The van der Waals surface area contributed by atoms with Crippen molar-refractivity contribution in [2.24, 2.45) is 0 Å². The Morgan fingerprint density at radius 2 is 1.80 bits per heavy atom. The molecule has 0 spiro atoms. The molecule has 0 fully saturated rings. The van der Waals surface area contributed by atoms with Crippen LogP contribution in [0.5, 0.6) is 11.5 Å². The summed E-state index contributed by atoms with van der Waals surface area (Å²) in [4.78, 5) is 9.30. The largest absolute Gasteiger partial charge is 0.454 e. The average molecular weight is 329 g/mol. The fraction of sp³-hybridized carbons (Fsp3) is 0.100. The van der Waals surface area contributed by atoms with Crippen LogP contribution in [-0.4, -0.2) is 21.3 Å². The number of hydrogen-bond acceptors (Lipinski definition) is 4. The van der Waals surface area contributed by atoms with Crippen molar-refractivity contribution in [2.45, 2.75) is 6.54 Å². The van der Waals surface area contributed by atoms with E-state index in [9.17, 15) is 0 Å². The van der Waals surface area contributed by atoms with Gasteiger partial charge >= 0.3 is 0 Å². The SMILES string of the molecule is c1ccc(Cn2c(-c3ccc4c(c3)OCO4)nc3ccccc32)nc1. The zero-order chi connectivity index (χ0) is 16.6. The van der Waals surface area contributed by atoms with Crippen LogP contribution in [0.4, 0.5) is 0 Å². The maximum Gasteiger partial charge on any atom is 0.231 e. The second kappa shape index (κ2) is 5.63. The van der Waals surface area contributed by atoms with Crippen molar-refractivity contribution in [3.05, 3.63) is 72.6 Å². The Balaban J connectivity index is 1.68. The molecule has 0 N–H and O–H groups in total. The van der Waals surface area contributed by atoms with Gasteiger partial charge in [-0.05, 0) is 42.5 Å². The number of rotatable bonds is 3. The Kier molecular flexibility index (Phi) is 3.16. The van der Waals surface area contributed by atoms with E-state index in [0.717, 1.165) is 39.6 Å². The first-order chi connectivity index (χ1) is 12.4. The summed E-state index contributed by atoms with van der Waals surface area (Å²) < 4.78 is 13.1. The van der Waals surface area contributed by atoms with Crippen molar-refractivity contribution in [3.63, 3.8) is 0 Å². The summed E-state index contributed by atoms with van der Waals surface area (Å²) in [6, 6.07) is 20.0. The lowest BCUT2D eigenvalue weighted by Crippen LogP contribution is -2.03. The molecule has 0 aliphatic carbocycles. The van der Waals surface area contributed by atoms with Crippen molar-refractivity contribution >= 4 is 11.0 Å². The van der Waals surface area contributed by atoms with Gasteiger partial charge in [0, 0.05) is 11.8 Å². The standard InChI is InChI=1S/C20H15N3O2/c1-2-7-17-16(6-1)22-20(23(17)12-15-5-3-4-10-21-15)14-8-9-18-19(11-14)25-13-24-18/h1-11H,12-13H2. The van der Waals surface area contributed by atoms with Crippen molar-refractivity contribution in [2.75, 3.05) is 6.79 Å². The number of hydrogen-bond donors (Lipinski definition) is 0. The summed E-state index contributed by atoms with van der Waals surface area (Å²) >= 11 is 0. The molecule has 0 bridgehead atoms. The molecule has 1 aliphatic heterocycles. The summed E-state index contributed by atoms with van der Waals surface area (Å²) in [5, 5.41) is 0. The molecule has 1 aliphatic rings. The Bertz CT molecular complexity index is 1060. The van der Waals surface area contributed by atoms with E-state index in [1.54, 1.807) is 0 Å². The minimum Gasteiger partial charge on any atom is -0.454 e. The van der Waals surface area contributed by atoms with Gasteiger partial charge in [0.15, 0.2) is 11.5 Å². The van der Waals surface area contributed by atoms with Crippen LogP contribution in [0.2, 0.25) is 0 Å². The molecule has 5 nitrogen and oxygen atoms in total. The fourth-order valence-electron chi connectivity index (χ4n) is 3.15. The number of para-hydroxylation sites is 2. The molecule has 2 aromatic carbocycles. The van der Waals surface area contributed by atoms with Gasteiger partial charge < -0.3 is 14.0 Å². The van der Waals surface area contributed by atoms with Crippen LogP contribution in [0, 0.1) is 0 Å². The van der Waals surface area contributed by atoms with Crippen LogP contribution in [0.25, 0.3) is 22.4 Å². The molecule has 4 aromatic rings. The lowest BCUT2D eigenvalue weighted by Gasteiger charge is -2.09. The van der Waals surface area contributed by atoms with Gasteiger partial charge in [-0.2, -0.15) is 0 Å². The first-order valence-corrected chi connectivity index (χ1v) is 8.14. The smallest absolute Gasteiger partial charge is 0.231 e. The maximum absolute atomic E-state index is 5.52. The summed E-state index contributed by atoms with van der Waals surface area (Å²) in [6.07, 6.45) is 1.81. The monoisotopic (exact) mass is 329 g/mol. The molecule has 0 unspecified atom stereocenters. The van der Waals surface area contributed by atoms with Crippen molar-refractivity contribution in [3.8, 4) is 22.9 Å². The highest BCUT2D eigenvalue weighted by Crippen LogP contribution is 2.36. The molecule has 5 rings (SSSR count). The zero-order valence-corrected chi connectivity index (χ0v) is 13.4. The topological polar surface area (TPSA) is 49.2 Å². The van der Waals surface area contributed by atoms with E-state index >= 15 is 0 Å². The second-order valence-electron chi connectivity index (χ2n) is 5.90. The summed E-state index contributed by atoms with van der Waals surface area (Å²) in [6.45, 7) is 0.925. The zero-order valence-electron chi connectivity index (χ0n) is 13.4. The van der Waals surface area contributed by atoms with Crippen LogP contribution in [0.15, 0.2) is 66.9 Å². The Morgan fingerprint density at radius 1 is 0.920 bits per heavy atom. The number of pyridine rings is 1. The van der Waals surface area contributed by atoms with Crippen LogP contribution in [0.1, 0.15) is 5.69 Å². The van der Waals surface area contributed by atoms with Crippen LogP contribution in [0.3, 0.4) is 0 Å². The number of aromatic nitrogens is 3. The van der Waals surface area contributed by atoms with E-state index < -0.39 is 0 Å². The third kappa shape index (κ3) is 2.41. The van der Waals surface area contributed by atoms with E-state index in [1.807, 2.05) is 60.8 Å². The van der Waals surface area contributed by atoms with Gasteiger partial charge in [-0.15, -0.1) is 0 Å². The first kappa shape index (κ1) is 14.0. The highest BCUT2D eigenvalue weighted by molar-refractivity contribution is 5.81. The Morgan fingerprint density at radius 3 is 2.72 bits per heavy atom. The summed E-state index contributed by atoms with van der Waals surface area (Å²) in [7, 11) is 0. The Hall–Kier alpha value is -3.34. The number of nitrogens with zero attached hydrogens (tertiary/aromatic N) is 3. The van der Waals surface area contributed by atoms with Crippen LogP contribution in [-0.2, 0) is 6.54 Å². The highest BCUT2D eigenvalue weighted by Gasteiger charge is 2.18. The third-order valence-corrected chi connectivity index (χ3v) is 4.33. The number of imidazole rings is 1. The van der Waals surface area contributed by atoms with Gasteiger partial charge in [-0.25, -0.2) is 4.98 Å². The Labute approximate surface area is 144 Å². The quantitative estimate of drug-likeness (QED) is 0.572. The van der Waals surface area contributed by atoms with Gasteiger partial charge in [0.1, 0.15) is 5.82 Å². The summed E-state index contributed by atoms with van der Waals surface area (Å²) in [5.74, 6) is 2.43. The minimum absolute atomic E-state index is 0.267. The lowest BCUT2D eigenvalue weighted by atomic mass is 10.2.